The van der Waals surface area contributed by atoms with Crippen molar-refractivity contribution in [1.82, 2.24) is 10.6 Å². The Hall–Kier alpha value is -0.310. The Balaban J connectivity index is 3.14. The second-order valence-corrected chi connectivity index (χ2v) is 6.25. The molecule has 0 amide bonds. The fraction of sp³-hybridized carbons (Fsp3) is 0.938. The van der Waals surface area contributed by atoms with Gasteiger partial charge in [0.25, 0.3) is 0 Å². The van der Waals surface area contributed by atoms with Crippen molar-refractivity contribution in [2.75, 3.05) is 13.1 Å². The Bertz CT molecular complexity index is 205. The van der Waals surface area contributed by atoms with Gasteiger partial charge in [0.2, 0.25) is 0 Å². The van der Waals surface area contributed by atoms with E-state index in [0.29, 0.717) is 0 Å². The van der Waals surface area contributed by atoms with E-state index >= 15 is 0 Å². The molecule has 2 N–H and O–H groups in total. The van der Waals surface area contributed by atoms with Gasteiger partial charge in [-0.05, 0) is 31.0 Å². The molecular formula is C16H34N2S. The zero-order valence-corrected chi connectivity index (χ0v) is 14.1. The summed E-state index contributed by atoms with van der Waals surface area (Å²) in [5.41, 5.74) is 0. The van der Waals surface area contributed by atoms with Crippen molar-refractivity contribution in [2.45, 2.75) is 78.6 Å². The predicted molar refractivity (Wildman–Crippen MR) is 90.7 cm³/mol. The summed E-state index contributed by atoms with van der Waals surface area (Å²) in [4.78, 5) is 0. The topological polar surface area (TPSA) is 24.1 Å². The van der Waals surface area contributed by atoms with Crippen molar-refractivity contribution in [1.29, 1.82) is 0 Å². The minimum absolute atomic E-state index is 0.739. The third-order valence-electron chi connectivity index (χ3n) is 3.32. The van der Waals surface area contributed by atoms with E-state index in [1.165, 1.54) is 57.8 Å². The van der Waals surface area contributed by atoms with Crippen LogP contribution in [0.15, 0.2) is 0 Å². The van der Waals surface area contributed by atoms with Crippen molar-refractivity contribution in [3.8, 4) is 0 Å². The average Bonchev–Trinajstić information content (AvgIpc) is 2.36. The third kappa shape index (κ3) is 15.6. The highest BCUT2D eigenvalue weighted by molar-refractivity contribution is 7.80. The molecule has 0 bridgehead atoms. The molecule has 0 aromatic heterocycles. The van der Waals surface area contributed by atoms with Gasteiger partial charge >= 0.3 is 0 Å². The van der Waals surface area contributed by atoms with E-state index in [2.05, 4.69) is 31.4 Å². The monoisotopic (exact) mass is 286 g/mol. The zero-order chi connectivity index (χ0) is 14.3. The van der Waals surface area contributed by atoms with Crippen molar-refractivity contribution >= 4 is 17.3 Å². The first-order chi connectivity index (χ1) is 9.16. The third-order valence-corrected chi connectivity index (χ3v) is 3.61. The molecule has 0 aromatic rings. The Morgan fingerprint density at radius 3 is 1.95 bits per heavy atom. The van der Waals surface area contributed by atoms with E-state index in [9.17, 15) is 0 Å². The first kappa shape index (κ1) is 18.7. The molecule has 0 spiro atoms. The maximum Gasteiger partial charge on any atom is 0.166 e. The standard InChI is InChI=1S/C16H34N2S/c1-4-5-6-7-8-9-10-11-13-17-16(19)18-14-12-15(2)3/h15H,4-14H2,1-3H3,(H2,17,18,19). The normalized spacial score (nSPS) is 10.7. The molecule has 0 atom stereocenters. The fourth-order valence-corrected chi connectivity index (χ4v) is 2.20. The van der Waals surface area contributed by atoms with Gasteiger partial charge in [0.15, 0.2) is 5.11 Å². The number of thiocarbonyl (C=S) groups is 1. The molecule has 0 saturated carbocycles. The maximum atomic E-state index is 5.23. The first-order valence-electron chi connectivity index (χ1n) is 8.18. The lowest BCUT2D eigenvalue weighted by Crippen LogP contribution is -2.36. The van der Waals surface area contributed by atoms with Crippen LogP contribution in [0.3, 0.4) is 0 Å². The molecule has 0 radical (unpaired) electrons. The molecule has 0 fully saturated rings. The lowest BCUT2D eigenvalue weighted by Gasteiger charge is -2.11. The highest BCUT2D eigenvalue weighted by Crippen LogP contribution is 2.07. The molecule has 0 aliphatic carbocycles. The van der Waals surface area contributed by atoms with Crippen LogP contribution in [0, 0.1) is 5.92 Å². The fourth-order valence-electron chi connectivity index (χ4n) is 2.00. The molecule has 0 aliphatic rings. The SMILES string of the molecule is CCCCCCCCCCNC(=S)NCCC(C)C. The number of nitrogens with one attached hydrogen (secondary N) is 2. The highest BCUT2D eigenvalue weighted by atomic mass is 32.1. The van der Waals surface area contributed by atoms with Crippen molar-refractivity contribution in [2.24, 2.45) is 5.92 Å². The van der Waals surface area contributed by atoms with Crippen LogP contribution in [0.25, 0.3) is 0 Å². The maximum absolute atomic E-state index is 5.23. The van der Waals surface area contributed by atoms with Gasteiger partial charge in [-0.1, -0.05) is 65.7 Å². The molecular weight excluding hydrogens is 252 g/mol. The molecule has 0 saturated heterocycles. The van der Waals surface area contributed by atoms with Crippen LogP contribution < -0.4 is 10.6 Å². The summed E-state index contributed by atoms with van der Waals surface area (Å²) in [6.07, 6.45) is 12.1. The summed E-state index contributed by atoms with van der Waals surface area (Å²) in [6.45, 7) is 8.74. The van der Waals surface area contributed by atoms with Gasteiger partial charge in [-0.2, -0.15) is 0 Å². The number of hydrogen-bond donors (Lipinski definition) is 2. The minimum Gasteiger partial charge on any atom is -0.363 e. The van der Waals surface area contributed by atoms with Gasteiger partial charge < -0.3 is 10.6 Å². The van der Waals surface area contributed by atoms with Gasteiger partial charge in [-0.25, -0.2) is 0 Å². The quantitative estimate of drug-likeness (QED) is 0.404. The number of unbranched alkanes of at least 4 members (excludes halogenated alkanes) is 7. The molecule has 0 heterocycles. The van der Waals surface area contributed by atoms with Crippen LogP contribution in [0.1, 0.15) is 78.6 Å². The van der Waals surface area contributed by atoms with Crippen LogP contribution in [0.4, 0.5) is 0 Å². The van der Waals surface area contributed by atoms with Crippen molar-refractivity contribution in [3.63, 3.8) is 0 Å². The van der Waals surface area contributed by atoms with Gasteiger partial charge in [-0.15, -0.1) is 0 Å². The van der Waals surface area contributed by atoms with E-state index in [4.69, 9.17) is 12.2 Å². The molecule has 19 heavy (non-hydrogen) atoms. The van der Waals surface area contributed by atoms with Crippen LogP contribution in [-0.2, 0) is 0 Å². The lowest BCUT2D eigenvalue weighted by molar-refractivity contribution is 0.565. The summed E-state index contributed by atoms with van der Waals surface area (Å²) >= 11 is 5.23. The molecule has 114 valence electrons. The first-order valence-corrected chi connectivity index (χ1v) is 8.59. The molecule has 0 aliphatic heterocycles. The van der Waals surface area contributed by atoms with Gasteiger partial charge in [0.05, 0.1) is 0 Å². The lowest BCUT2D eigenvalue weighted by atomic mass is 10.1. The van der Waals surface area contributed by atoms with E-state index in [1.54, 1.807) is 0 Å². The van der Waals surface area contributed by atoms with E-state index in [-0.39, 0.29) is 0 Å². The summed E-state index contributed by atoms with van der Waals surface area (Å²) in [6, 6.07) is 0. The Labute approximate surface area is 126 Å². The molecule has 2 nitrogen and oxygen atoms in total. The number of rotatable bonds is 12. The zero-order valence-electron chi connectivity index (χ0n) is 13.3. The van der Waals surface area contributed by atoms with Gasteiger partial charge in [0, 0.05) is 13.1 Å². The van der Waals surface area contributed by atoms with Gasteiger partial charge in [0.1, 0.15) is 0 Å². The van der Waals surface area contributed by atoms with Crippen molar-refractivity contribution in [3.05, 3.63) is 0 Å². The smallest absolute Gasteiger partial charge is 0.166 e. The van der Waals surface area contributed by atoms with Gasteiger partial charge in [-0.3, -0.25) is 0 Å². The van der Waals surface area contributed by atoms with E-state index in [0.717, 1.165) is 24.1 Å². The summed E-state index contributed by atoms with van der Waals surface area (Å²) in [5.74, 6) is 0.739. The summed E-state index contributed by atoms with van der Waals surface area (Å²) in [5, 5.41) is 7.37. The summed E-state index contributed by atoms with van der Waals surface area (Å²) in [7, 11) is 0. The Morgan fingerprint density at radius 1 is 0.842 bits per heavy atom. The molecule has 0 unspecified atom stereocenters. The molecule has 0 aromatic carbocycles. The predicted octanol–water partition coefficient (Wildman–Crippen LogP) is 4.64. The largest absolute Gasteiger partial charge is 0.363 e. The second-order valence-electron chi connectivity index (χ2n) is 5.84. The molecule has 3 heteroatoms. The van der Waals surface area contributed by atoms with E-state index in [1.807, 2.05) is 0 Å². The number of hydrogen-bond acceptors (Lipinski definition) is 1. The van der Waals surface area contributed by atoms with Crippen LogP contribution in [-0.4, -0.2) is 18.2 Å². The second kappa shape index (κ2) is 14.1. The minimum atomic E-state index is 0.739. The van der Waals surface area contributed by atoms with Crippen LogP contribution in [0.5, 0.6) is 0 Å². The highest BCUT2D eigenvalue weighted by Gasteiger charge is 1.97. The van der Waals surface area contributed by atoms with Crippen molar-refractivity contribution < 1.29 is 0 Å². The average molecular weight is 287 g/mol. The van der Waals surface area contributed by atoms with E-state index < -0.39 is 0 Å². The molecule has 0 rings (SSSR count). The van der Waals surface area contributed by atoms with Crippen LogP contribution >= 0.6 is 12.2 Å². The van der Waals surface area contributed by atoms with Crippen LogP contribution in [0.2, 0.25) is 0 Å². The Morgan fingerprint density at radius 2 is 1.37 bits per heavy atom. The summed E-state index contributed by atoms with van der Waals surface area (Å²) < 4.78 is 0. The Kier molecular flexibility index (Phi) is 13.9.